The summed E-state index contributed by atoms with van der Waals surface area (Å²) in [6.07, 6.45) is 4.76. The van der Waals surface area contributed by atoms with Crippen molar-refractivity contribution in [1.29, 1.82) is 0 Å². The molecule has 25 heavy (non-hydrogen) atoms. The van der Waals surface area contributed by atoms with Gasteiger partial charge in [-0.1, -0.05) is 19.8 Å². The smallest absolute Gasteiger partial charge is 0.253 e. The van der Waals surface area contributed by atoms with Crippen LogP contribution in [0.5, 0.6) is 11.5 Å². The summed E-state index contributed by atoms with van der Waals surface area (Å²) in [4.78, 5) is 26.7. The van der Waals surface area contributed by atoms with Gasteiger partial charge in [-0.3, -0.25) is 9.59 Å². The van der Waals surface area contributed by atoms with Crippen LogP contribution >= 0.6 is 0 Å². The number of carbonyl (C=O) groups is 2. The fourth-order valence-electron chi connectivity index (χ4n) is 3.29. The number of likely N-dealkylation sites (tertiary alicyclic amines) is 1. The summed E-state index contributed by atoms with van der Waals surface area (Å²) in [6.45, 7) is 4.32. The van der Waals surface area contributed by atoms with Gasteiger partial charge in [-0.2, -0.15) is 0 Å². The van der Waals surface area contributed by atoms with Gasteiger partial charge in [-0.25, -0.2) is 0 Å². The Morgan fingerprint density at radius 1 is 1.16 bits per heavy atom. The van der Waals surface area contributed by atoms with Crippen molar-refractivity contribution < 1.29 is 19.1 Å². The second-order valence-corrected chi connectivity index (χ2v) is 6.63. The van der Waals surface area contributed by atoms with Crippen molar-refractivity contribution in [2.24, 2.45) is 5.92 Å². The maximum atomic E-state index is 12.6. The minimum absolute atomic E-state index is 0.0138. The third-order valence-corrected chi connectivity index (χ3v) is 4.85. The van der Waals surface area contributed by atoms with Crippen molar-refractivity contribution in [1.82, 2.24) is 10.2 Å². The molecule has 0 atom stereocenters. The molecule has 1 fully saturated rings. The van der Waals surface area contributed by atoms with Crippen LogP contribution in [0.25, 0.3) is 0 Å². The largest absolute Gasteiger partial charge is 0.454 e. The van der Waals surface area contributed by atoms with E-state index in [2.05, 4.69) is 12.2 Å². The molecule has 6 nitrogen and oxygen atoms in total. The van der Waals surface area contributed by atoms with Crippen molar-refractivity contribution in [2.75, 3.05) is 26.4 Å². The number of amides is 2. The minimum atomic E-state index is -0.0138. The molecule has 1 N–H and O–H groups in total. The summed E-state index contributed by atoms with van der Waals surface area (Å²) in [7, 11) is 0. The Morgan fingerprint density at radius 2 is 1.92 bits per heavy atom. The molecule has 136 valence electrons. The van der Waals surface area contributed by atoms with Gasteiger partial charge >= 0.3 is 0 Å². The number of hydrogen-bond donors (Lipinski definition) is 1. The van der Waals surface area contributed by atoms with Crippen LogP contribution in [0.15, 0.2) is 18.2 Å². The zero-order valence-corrected chi connectivity index (χ0v) is 14.8. The van der Waals surface area contributed by atoms with Crippen LogP contribution in [0.1, 0.15) is 49.4 Å². The molecule has 1 saturated heterocycles. The van der Waals surface area contributed by atoms with E-state index in [0.717, 1.165) is 38.6 Å². The quantitative estimate of drug-likeness (QED) is 0.804. The van der Waals surface area contributed by atoms with Crippen molar-refractivity contribution in [2.45, 2.75) is 39.0 Å². The molecule has 3 rings (SSSR count). The van der Waals surface area contributed by atoms with Crippen LogP contribution in [0.4, 0.5) is 0 Å². The van der Waals surface area contributed by atoms with E-state index in [1.54, 1.807) is 18.2 Å². The van der Waals surface area contributed by atoms with Gasteiger partial charge in [0.2, 0.25) is 12.7 Å². The van der Waals surface area contributed by atoms with Gasteiger partial charge < -0.3 is 19.7 Å². The molecule has 0 unspecified atom stereocenters. The lowest BCUT2D eigenvalue weighted by atomic mass is 9.95. The maximum Gasteiger partial charge on any atom is 0.253 e. The first-order valence-corrected chi connectivity index (χ1v) is 9.15. The number of fused-ring (bicyclic) bond motifs is 1. The highest BCUT2D eigenvalue weighted by molar-refractivity contribution is 5.95. The van der Waals surface area contributed by atoms with Gasteiger partial charge in [0.25, 0.3) is 5.91 Å². The Morgan fingerprint density at radius 3 is 2.68 bits per heavy atom. The lowest BCUT2D eigenvalue weighted by molar-refractivity contribution is -0.126. The first-order valence-electron chi connectivity index (χ1n) is 9.15. The number of benzene rings is 1. The second-order valence-electron chi connectivity index (χ2n) is 6.63. The first-order chi connectivity index (χ1) is 12.2. The lowest BCUT2D eigenvalue weighted by Gasteiger charge is -2.31. The van der Waals surface area contributed by atoms with Gasteiger partial charge in [-0.15, -0.1) is 0 Å². The van der Waals surface area contributed by atoms with E-state index in [-0.39, 0.29) is 24.5 Å². The maximum absolute atomic E-state index is 12.6. The Labute approximate surface area is 148 Å². The molecule has 0 spiro atoms. The SMILES string of the molecule is CCCCCNC(=O)C1CCN(C(=O)c2ccc3c(c2)OCO3)CC1. The average Bonchev–Trinajstić information content (AvgIpc) is 3.12. The molecule has 0 aliphatic carbocycles. The molecule has 0 saturated carbocycles. The van der Waals surface area contributed by atoms with Crippen molar-refractivity contribution in [3.63, 3.8) is 0 Å². The van der Waals surface area contributed by atoms with Crippen LogP contribution in [-0.4, -0.2) is 43.1 Å². The standard InChI is InChI=1S/C19H26N2O4/c1-2-3-4-9-20-18(22)14-7-10-21(11-8-14)19(23)15-5-6-16-17(12-15)25-13-24-16/h5-6,12,14H,2-4,7-11,13H2,1H3,(H,20,22). The predicted molar refractivity (Wildman–Crippen MR) is 93.7 cm³/mol. The summed E-state index contributed by atoms with van der Waals surface area (Å²) in [5, 5.41) is 3.02. The zero-order valence-electron chi connectivity index (χ0n) is 14.8. The molecule has 2 aliphatic heterocycles. The minimum Gasteiger partial charge on any atom is -0.454 e. The highest BCUT2D eigenvalue weighted by atomic mass is 16.7. The van der Waals surface area contributed by atoms with E-state index in [0.29, 0.717) is 30.2 Å². The number of nitrogens with one attached hydrogen (secondary N) is 1. The van der Waals surface area contributed by atoms with Crippen LogP contribution in [-0.2, 0) is 4.79 Å². The fraction of sp³-hybridized carbons (Fsp3) is 0.579. The molecule has 0 bridgehead atoms. The van der Waals surface area contributed by atoms with E-state index in [1.165, 1.54) is 0 Å². The highest BCUT2D eigenvalue weighted by Crippen LogP contribution is 2.33. The van der Waals surface area contributed by atoms with Gasteiger partial charge in [0.05, 0.1) is 0 Å². The number of unbranched alkanes of at least 4 members (excludes halogenated alkanes) is 2. The Balaban J connectivity index is 1.48. The summed E-state index contributed by atoms with van der Waals surface area (Å²) < 4.78 is 10.6. The number of nitrogens with zero attached hydrogens (tertiary/aromatic N) is 1. The molecule has 1 aromatic rings. The molecule has 2 amide bonds. The number of rotatable bonds is 6. The average molecular weight is 346 g/mol. The van der Waals surface area contributed by atoms with Crippen molar-refractivity contribution in [3.8, 4) is 11.5 Å². The number of carbonyl (C=O) groups excluding carboxylic acids is 2. The fourth-order valence-corrected chi connectivity index (χ4v) is 3.29. The predicted octanol–water partition coefficient (Wildman–Crippen LogP) is 2.57. The summed E-state index contributed by atoms with van der Waals surface area (Å²) in [6, 6.07) is 5.27. The molecule has 6 heteroatoms. The van der Waals surface area contributed by atoms with E-state index >= 15 is 0 Å². The molecule has 2 aliphatic rings. The van der Waals surface area contributed by atoms with Crippen LogP contribution in [0, 0.1) is 5.92 Å². The zero-order chi connectivity index (χ0) is 17.6. The van der Waals surface area contributed by atoms with E-state index < -0.39 is 0 Å². The summed E-state index contributed by atoms with van der Waals surface area (Å²) in [5.74, 6) is 1.43. The lowest BCUT2D eigenvalue weighted by Crippen LogP contribution is -2.43. The Bertz CT molecular complexity index is 624. The Hall–Kier alpha value is -2.24. The van der Waals surface area contributed by atoms with E-state index in [1.807, 2.05) is 4.90 Å². The summed E-state index contributed by atoms with van der Waals surface area (Å²) >= 11 is 0. The first kappa shape index (κ1) is 17.6. The van der Waals surface area contributed by atoms with E-state index in [4.69, 9.17) is 9.47 Å². The normalized spacial score (nSPS) is 16.8. The van der Waals surface area contributed by atoms with Crippen LogP contribution in [0.3, 0.4) is 0 Å². The molecule has 0 radical (unpaired) electrons. The number of piperidine rings is 1. The molecular weight excluding hydrogens is 320 g/mol. The van der Waals surface area contributed by atoms with Crippen LogP contribution in [0.2, 0.25) is 0 Å². The third kappa shape index (κ3) is 4.24. The topological polar surface area (TPSA) is 67.9 Å². The van der Waals surface area contributed by atoms with E-state index in [9.17, 15) is 9.59 Å². The van der Waals surface area contributed by atoms with Crippen LogP contribution < -0.4 is 14.8 Å². The monoisotopic (exact) mass is 346 g/mol. The molecule has 2 heterocycles. The second kappa shape index (κ2) is 8.23. The molecular formula is C19H26N2O4. The number of ether oxygens (including phenoxy) is 2. The van der Waals surface area contributed by atoms with Crippen molar-refractivity contribution in [3.05, 3.63) is 23.8 Å². The highest BCUT2D eigenvalue weighted by Gasteiger charge is 2.28. The van der Waals surface area contributed by atoms with Gasteiger partial charge in [0, 0.05) is 31.1 Å². The van der Waals surface area contributed by atoms with Gasteiger partial charge in [0.15, 0.2) is 11.5 Å². The van der Waals surface area contributed by atoms with Crippen molar-refractivity contribution >= 4 is 11.8 Å². The summed E-state index contributed by atoms with van der Waals surface area (Å²) in [5.41, 5.74) is 0.603. The number of hydrogen-bond acceptors (Lipinski definition) is 4. The van der Waals surface area contributed by atoms with Gasteiger partial charge in [-0.05, 0) is 37.5 Å². The molecule has 1 aromatic carbocycles. The Kier molecular flexibility index (Phi) is 5.79. The van der Waals surface area contributed by atoms with Gasteiger partial charge in [0.1, 0.15) is 0 Å². The molecule has 0 aromatic heterocycles. The third-order valence-electron chi connectivity index (χ3n) is 4.85.